The predicted octanol–water partition coefficient (Wildman–Crippen LogP) is 9.02. The lowest BCUT2D eigenvalue weighted by Crippen LogP contribution is -2.53. The average Bonchev–Trinajstić information content (AvgIpc) is 3.59. The van der Waals surface area contributed by atoms with E-state index in [1.54, 1.807) is 54.6 Å². The number of pyridine rings is 1. The van der Waals surface area contributed by atoms with Crippen molar-refractivity contribution in [2.45, 2.75) is 43.7 Å². The molecule has 9 rings (SSSR count). The highest BCUT2D eigenvalue weighted by Crippen LogP contribution is 2.65. The van der Waals surface area contributed by atoms with Gasteiger partial charge >= 0.3 is 6.18 Å². The van der Waals surface area contributed by atoms with Crippen molar-refractivity contribution in [3.63, 3.8) is 0 Å². The second-order valence-corrected chi connectivity index (χ2v) is 16.0. The number of aryl methyl sites for hydroxylation is 1. The Bertz CT molecular complexity index is 2600. The molecule has 3 heterocycles. The number of alkyl halides is 3. The molecule has 0 spiro atoms. The summed E-state index contributed by atoms with van der Waals surface area (Å²) in [6.07, 6.45) is -1.48. The third-order valence-corrected chi connectivity index (χ3v) is 12.9. The first-order valence-corrected chi connectivity index (χ1v) is 19.5. The number of hydrogen-bond donors (Lipinski definition) is 2. The lowest BCUT2D eigenvalue weighted by Gasteiger charge is -2.51. The van der Waals surface area contributed by atoms with Crippen molar-refractivity contribution in [1.29, 1.82) is 0 Å². The highest BCUT2D eigenvalue weighted by Gasteiger charge is 2.71. The van der Waals surface area contributed by atoms with E-state index >= 15 is 9.59 Å². The molecule has 58 heavy (non-hydrogen) atoms. The van der Waals surface area contributed by atoms with Crippen LogP contribution in [0.4, 0.5) is 24.7 Å². The van der Waals surface area contributed by atoms with Crippen LogP contribution < -0.4 is 10.3 Å². The second kappa shape index (κ2) is 13.7. The van der Waals surface area contributed by atoms with Crippen molar-refractivity contribution in [2.24, 2.45) is 23.7 Å². The summed E-state index contributed by atoms with van der Waals surface area (Å²) in [4.78, 5) is 64.5. The Morgan fingerprint density at radius 3 is 2.31 bits per heavy atom. The number of rotatable bonds is 6. The molecule has 14 heteroatoms. The van der Waals surface area contributed by atoms with Crippen molar-refractivity contribution in [3.05, 3.63) is 141 Å². The van der Waals surface area contributed by atoms with E-state index in [9.17, 15) is 27.9 Å². The Morgan fingerprint density at radius 2 is 1.62 bits per heavy atom. The number of phenolic OH excluding ortho intramolecular Hbond substituents is 1. The number of amides is 4. The van der Waals surface area contributed by atoms with Gasteiger partial charge in [0, 0.05) is 22.7 Å². The number of allylic oxidation sites excluding steroid dienone is 2. The second-order valence-electron chi connectivity index (χ2n) is 15.2. The van der Waals surface area contributed by atoms with Crippen molar-refractivity contribution >= 4 is 69.1 Å². The monoisotopic (exact) mass is 824 g/mol. The number of aromatic hydroxyl groups is 1. The smallest absolute Gasteiger partial charge is 0.417 e. The zero-order valence-electron chi connectivity index (χ0n) is 30.6. The number of carbonyl (C=O) groups is 4. The van der Waals surface area contributed by atoms with E-state index in [1.807, 2.05) is 37.3 Å². The number of hydrazine groups is 1. The minimum atomic E-state index is -4.76. The molecule has 0 radical (unpaired) electrons. The van der Waals surface area contributed by atoms with Crippen molar-refractivity contribution in [1.82, 2.24) is 9.99 Å². The van der Waals surface area contributed by atoms with Crippen LogP contribution in [-0.4, -0.2) is 38.7 Å². The zero-order chi connectivity index (χ0) is 40.8. The van der Waals surface area contributed by atoms with E-state index in [1.165, 1.54) is 11.0 Å². The molecule has 1 aromatic heterocycles. The molecule has 2 aliphatic carbocycles. The number of anilines is 2. The van der Waals surface area contributed by atoms with Crippen LogP contribution in [0.3, 0.4) is 0 Å². The van der Waals surface area contributed by atoms with E-state index in [0.717, 1.165) is 22.4 Å². The Labute approximate surface area is 340 Å². The molecule has 2 saturated heterocycles. The maximum atomic E-state index is 15.6. The Balaban J connectivity index is 1.26. The van der Waals surface area contributed by atoms with Gasteiger partial charge in [0.25, 0.3) is 11.8 Å². The standard InChI is InChI=1S/C44H33Cl2F3N4O5/c1-2-22-7-14-27(15-8-22)52-39(55)30-17-16-29-31(35(30)41(52)57)20-32-40(56)53(51-38-33(46)19-25(21-50-38)44(47,48)49)42(58)43(32,24-10-12-26(45)13-11-24)37(29)36-28-6-4-3-5-23(28)9-18-34(36)54/h3-16,18-19,21,30-32,35,37,54H,2,17,20H2,1H3,(H,50,51)/t30-,31+,32-,35-,37+,43+/m0/s1. The van der Waals surface area contributed by atoms with Gasteiger partial charge in [0.1, 0.15) is 5.75 Å². The molecule has 9 nitrogen and oxygen atoms in total. The number of nitrogens with one attached hydrogen (secondary N) is 1. The van der Waals surface area contributed by atoms with Gasteiger partial charge in [-0.05, 0) is 83.5 Å². The van der Waals surface area contributed by atoms with Crippen LogP contribution in [0.1, 0.15) is 47.9 Å². The first-order valence-electron chi connectivity index (χ1n) is 18.8. The number of carbonyl (C=O) groups excluding carboxylic acids is 4. The number of fused-ring (bicyclic) bond motifs is 5. The van der Waals surface area contributed by atoms with Gasteiger partial charge in [0.05, 0.1) is 39.4 Å². The summed E-state index contributed by atoms with van der Waals surface area (Å²) in [6, 6.07) is 24.8. The third-order valence-electron chi connectivity index (χ3n) is 12.4. The van der Waals surface area contributed by atoms with E-state index in [4.69, 9.17) is 23.2 Å². The Morgan fingerprint density at radius 1 is 0.897 bits per heavy atom. The normalized spacial score (nSPS) is 25.5. The van der Waals surface area contributed by atoms with Gasteiger partial charge in [-0.25, -0.2) is 4.98 Å². The first-order chi connectivity index (χ1) is 27.7. The number of benzene rings is 4. The van der Waals surface area contributed by atoms with Gasteiger partial charge in [-0.1, -0.05) is 96.4 Å². The molecule has 6 atom stereocenters. The van der Waals surface area contributed by atoms with Crippen LogP contribution in [0.15, 0.2) is 109 Å². The number of nitrogens with zero attached hydrogens (tertiary/aromatic N) is 3. The van der Waals surface area contributed by atoms with Gasteiger partial charge in [-0.3, -0.25) is 29.5 Å². The van der Waals surface area contributed by atoms with Crippen LogP contribution in [0.2, 0.25) is 10.0 Å². The molecular formula is C44H33Cl2F3N4O5. The third kappa shape index (κ3) is 5.55. The van der Waals surface area contributed by atoms with Crippen LogP contribution in [0, 0.1) is 23.7 Å². The quantitative estimate of drug-likeness (QED) is 0.130. The van der Waals surface area contributed by atoms with Gasteiger partial charge < -0.3 is 5.11 Å². The molecule has 5 aromatic rings. The highest BCUT2D eigenvalue weighted by atomic mass is 35.5. The molecule has 1 saturated carbocycles. The van der Waals surface area contributed by atoms with Gasteiger partial charge in [-0.15, -0.1) is 0 Å². The fourth-order valence-electron chi connectivity index (χ4n) is 9.82. The SMILES string of the molecule is CCc1ccc(N2C(=O)[C@H]3[C@H](CC=C4[C@H]3C[C@H]3C(=O)N(Nc5ncc(C(F)(F)F)cc5Cl)C(=O)[C@@]3(c3ccc(Cl)cc3)[C@H]4c3c(O)ccc4ccccc34)C2=O)cc1. The number of halogens is 5. The molecule has 4 amide bonds. The summed E-state index contributed by atoms with van der Waals surface area (Å²) in [6.45, 7) is 2.00. The van der Waals surface area contributed by atoms with Crippen molar-refractivity contribution in [3.8, 4) is 5.75 Å². The van der Waals surface area contributed by atoms with Gasteiger partial charge in [0.2, 0.25) is 11.8 Å². The van der Waals surface area contributed by atoms with Gasteiger partial charge in [0.15, 0.2) is 5.82 Å². The molecule has 294 valence electrons. The number of imide groups is 2. The average molecular weight is 826 g/mol. The Kier molecular flexibility index (Phi) is 8.94. The van der Waals surface area contributed by atoms with Crippen LogP contribution in [0.25, 0.3) is 10.8 Å². The van der Waals surface area contributed by atoms with Crippen LogP contribution >= 0.6 is 23.2 Å². The highest BCUT2D eigenvalue weighted by molar-refractivity contribution is 6.33. The number of aromatic nitrogens is 1. The van der Waals surface area contributed by atoms with E-state index in [2.05, 4.69) is 10.4 Å². The van der Waals surface area contributed by atoms with Gasteiger partial charge in [-0.2, -0.15) is 18.2 Å². The lowest BCUT2D eigenvalue weighted by molar-refractivity contribution is -0.139. The van der Waals surface area contributed by atoms with Crippen molar-refractivity contribution < 1.29 is 37.5 Å². The molecule has 2 aliphatic heterocycles. The van der Waals surface area contributed by atoms with E-state index in [-0.39, 0.29) is 30.3 Å². The molecule has 4 aliphatic rings. The molecule has 3 fully saturated rings. The largest absolute Gasteiger partial charge is 0.508 e. The minimum absolute atomic E-state index is 0.0593. The summed E-state index contributed by atoms with van der Waals surface area (Å²) in [5, 5.41) is 13.9. The summed E-state index contributed by atoms with van der Waals surface area (Å²) < 4.78 is 40.7. The van der Waals surface area contributed by atoms with E-state index in [0.29, 0.717) is 45.1 Å². The first kappa shape index (κ1) is 37.8. The topological polar surface area (TPSA) is 120 Å². The molecular weight excluding hydrogens is 792 g/mol. The summed E-state index contributed by atoms with van der Waals surface area (Å²) in [5.41, 5.74) is 2.48. The maximum Gasteiger partial charge on any atom is 0.417 e. The number of hydrogen-bond acceptors (Lipinski definition) is 7. The van der Waals surface area contributed by atoms with E-state index < -0.39 is 69.5 Å². The summed E-state index contributed by atoms with van der Waals surface area (Å²) in [5.74, 6) is -7.60. The number of phenols is 1. The fourth-order valence-corrected chi connectivity index (χ4v) is 10.2. The molecule has 0 bridgehead atoms. The summed E-state index contributed by atoms with van der Waals surface area (Å²) >= 11 is 12.7. The lowest BCUT2D eigenvalue weighted by atomic mass is 9.48. The fraction of sp³-hybridized carbons (Fsp3) is 0.250. The molecule has 0 unspecified atom stereocenters. The van der Waals surface area contributed by atoms with Crippen molar-refractivity contribution in [2.75, 3.05) is 10.3 Å². The predicted molar refractivity (Wildman–Crippen MR) is 211 cm³/mol. The summed E-state index contributed by atoms with van der Waals surface area (Å²) in [7, 11) is 0. The minimum Gasteiger partial charge on any atom is -0.508 e. The molecule has 4 aromatic carbocycles. The van der Waals surface area contributed by atoms with Crippen LogP contribution in [-0.2, 0) is 37.2 Å². The molecule has 2 N–H and O–H groups in total. The Hall–Kier alpha value is -5.72. The maximum absolute atomic E-state index is 15.6. The van der Waals surface area contributed by atoms with Crippen LogP contribution in [0.5, 0.6) is 5.75 Å². The zero-order valence-corrected chi connectivity index (χ0v) is 32.1.